The Balaban J connectivity index is 1.74. The minimum absolute atomic E-state index is 0.0320. The molecule has 1 aliphatic heterocycles. The lowest BCUT2D eigenvalue weighted by atomic mass is 9.95. The molecule has 0 radical (unpaired) electrons. The molecule has 0 saturated carbocycles. The van der Waals surface area contributed by atoms with Gasteiger partial charge in [-0.05, 0) is 17.7 Å². The molecule has 1 heterocycles. The molecule has 1 saturated heterocycles. The molecule has 7 nitrogen and oxygen atoms in total. The van der Waals surface area contributed by atoms with E-state index in [4.69, 9.17) is 4.74 Å². The Hall–Kier alpha value is -3.19. The molecule has 26 heavy (non-hydrogen) atoms. The zero-order valence-corrected chi connectivity index (χ0v) is 13.8. The summed E-state index contributed by atoms with van der Waals surface area (Å²) in [6.45, 7) is 0.0320. The average Bonchev–Trinajstić information content (AvgIpc) is 2.67. The van der Waals surface area contributed by atoms with E-state index in [0.29, 0.717) is 11.3 Å². The molecule has 0 aliphatic carbocycles. The Morgan fingerprint density at radius 2 is 1.77 bits per heavy atom. The number of rotatable bonds is 7. The second kappa shape index (κ2) is 7.79. The van der Waals surface area contributed by atoms with E-state index < -0.39 is 23.2 Å². The smallest absolute Gasteiger partial charge is 0.266 e. The highest BCUT2D eigenvalue weighted by molar-refractivity contribution is 5.89. The Morgan fingerprint density at radius 1 is 1.15 bits per heavy atom. The van der Waals surface area contributed by atoms with E-state index in [2.05, 4.69) is 0 Å². The number of hydrogen-bond acceptors (Lipinski definition) is 5. The number of hydrogen-bond donors (Lipinski definition) is 1. The number of ether oxygens (including phenoxy) is 1. The first kappa shape index (κ1) is 17.6. The monoisotopic (exact) mass is 354 g/mol. The quantitative estimate of drug-likeness (QED) is 0.467. The maximum Gasteiger partial charge on any atom is 0.266 e. The van der Waals surface area contributed by atoms with Gasteiger partial charge in [0.25, 0.3) is 5.91 Å². The third kappa shape index (κ3) is 3.89. The first-order valence-electron chi connectivity index (χ1n) is 8.13. The van der Waals surface area contributed by atoms with E-state index in [9.17, 15) is 20.0 Å². The van der Waals surface area contributed by atoms with Crippen LogP contribution < -0.4 is 4.74 Å². The number of β-amino-alcohol motifs (C(OH)–C–C–N with tert-alkyl or cyclic N) is 1. The lowest BCUT2D eigenvalue weighted by molar-refractivity contribution is -0.403. The average molecular weight is 354 g/mol. The third-order valence-corrected chi connectivity index (χ3v) is 4.16. The van der Waals surface area contributed by atoms with E-state index in [1.54, 1.807) is 48.5 Å². The highest BCUT2D eigenvalue weighted by Crippen LogP contribution is 2.29. The minimum atomic E-state index is -0.885. The first-order valence-corrected chi connectivity index (χ1v) is 8.13. The molecule has 3 atom stereocenters. The number of carbonyl (C=O) groups excluding carboxylic acids is 1. The molecule has 1 aliphatic rings. The highest BCUT2D eigenvalue weighted by Gasteiger charge is 2.49. The predicted octanol–water partition coefficient (Wildman–Crippen LogP) is 2.17. The van der Waals surface area contributed by atoms with E-state index in [0.717, 1.165) is 6.20 Å². The van der Waals surface area contributed by atoms with Crippen molar-refractivity contribution in [3.05, 3.63) is 88.6 Å². The number of benzene rings is 2. The van der Waals surface area contributed by atoms with Crippen molar-refractivity contribution in [2.45, 2.75) is 18.2 Å². The molecular weight excluding hydrogens is 336 g/mol. The van der Waals surface area contributed by atoms with Gasteiger partial charge in [-0.15, -0.1) is 0 Å². The Labute approximate surface area is 150 Å². The van der Waals surface area contributed by atoms with Gasteiger partial charge in [0.1, 0.15) is 11.8 Å². The number of nitro groups is 1. The Bertz CT molecular complexity index is 794. The van der Waals surface area contributed by atoms with Crippen molar-refractivity contribution in [3.63, 3.8) is 0 Å². The van der Waals surface area contributed by atoms with Crippen LogP contribution in [0.5, 0.6) is 5.75 Å². The number of likely N-dealkylation sites (tertiary alicyclic amines) is 1. The summed E-state index contributed by atoms with van der Waals surface area (Å²) in [5, 5.41) is 21.0. The maximum absolute atomic E-state index is 12.5. The second-order valence-corrected chi connectivity index (χ2v) is 5.89. The number of carbonyl (C=O) groups is 1. The van der Waals surface area contributed by atoms with Crippen LogP contribution in [0.3, 0.4) is 0 Å². The fourth-order valence-corrected chi connectivity index (χ4v) is 2.85. The SMILES string of the molecule is O=C1[C@@H](Oc2ccccc2)[C@@H](/C=C/[N+](=O)[O-])N1CC(O)c1ccccc1. The molecule has 1 amide bonds. The van der Waals surface area contributed by atoms with Gasteiger partial charge in [0, 0.05) is 6.08 Å². The largest absolute Gasteiger partial charge is 0.478 e. The summed E-state index contributed by atoms with van der Waals surface area (Å²) in [4.78, 5) is 23.9. The number of aliphatic hydroxyl groups excluding tert-OH is 1. The molecule has 1 unspecified atom stereocenters. The zero-order valence-electron chi connectivity index (χ0n) is 13.8. The van der Waals surface area contributed by atoms with Crippen molar-refractivity contribution in [3.8, 4) is 5.75 Å². The first-order chi connectivity index (χ1) is 12.6. The summed E-state index contributed by atoms with van der Waals surface area (Å²) in [7, 11) is 0. The molecular formula is C19H18N2O5. The van der Waals surface area contributed by atoms with Crippen LogP contribution in [0.2, 0.25) is 0 Å². The van der Waals surface area contributed by atoms with Gasteiger partial charge in [-0.3, -0.25) is 14.9 Å². The topological polar surface area (TPSA) is 92.9 Å². The summed E-state index contributed by atoms with van der Waals surface area (Å²) < 4.78 is 5.68. The molecule has 0 bridgehead atoms. The molecule has 2 aromatic rings. The zero-order chi connectivity index (χ0) is 18.5. The predicted molar refractivity (Wildman–Crippen MR) is 93.9 cm³/mol. The van der Waals surface area contributed by atoms with Crippen molar-refractivity contribution < 1.29 is 19.6 Å². The molecule has 3 rings (SSSR count). The van der Waals surface area contributed by atoms with Crippen molar-refractivity contribution >= 4 is 5.91 Å². The molecule has 134 valence electrons. The van der Waals surface area contributed by atoms with Crippen LogP contribution in [0.4, 0.5) is 0 Å². The second-order valence-electron chi connectivity index (χ2n) is 5.89. The van der Waals surface area contributed by atoms with Gasteiger partial charge >= 0.3 is 0 Å². The third-order valence-electron chi connectivity index (χ3n) is 4.16. The van der Waals surface area contributed by atoms with Crippen molar-refractivity contribution in [2.75, 3.05) is 6.54 Å². The van der Waals surface area contributed by atoms with Crippen LogP contribution in [0, 0.1) is 10.1 Å². The lowest BCUT2D eigenvalue weighted by Crippen LogP contribution is -2.66. The molecule has 0 spiro atoms. The standard InChI is InChI=1S/C19H18N2O5/c22-17(14-7-3-1-4-8-14)13-20-16(11-12-21(24)25)18(19(20)23)26-15-9-5-2-6-10-15/h1-12,16-18,22H,13H2/b12-11+/t16-,17?,18+/m1/s1. The molecule has 7 heteroatoms. The van der Waals surface area contributed by atoms with Gasteiger partial charge < -0.3 is 14.7 Å². The summed E-state index contributed by atoms with van der Waals surface area (Å²) in [6, 6.07) is 17.1. The number of aliphatic hydroxyl groups is 1. The van der Waals surface area contributed by atoms with Crippen LogP contribution in [0.1, 0.15) is 11.7 Å². The maximum atomic E-state index is 12.5. The lowest BCUT2D eigenvalue weighted by Gasteiger charge is -2.45. The van der Waals surface area contributed by atoms with Crippen LogP contribution in [0.25, 0.3) is 0 Å². The van der Waals surface area contributed by atoms with Crippen molar-refractivity contribution in [1.29, 1.82) is 0 Å². The van der Waals surface area contributed by atoms with Gasteiger partial charge in [-0.2, -0.15) is 0 Å². The van der Waals surface area contributed by atoms with Gasteiger partial charge in [0.05, 0.1) is 17.6 Å². The van der Waals surface area contributed by atoms with Crippen LogP contribution in [-0.2, 0) is 4.79 Å². The van der Waals surface area contributed by atoms with Gasteiger partial charge in [-0.25, -0.2) is 0 Å². The van der Waals surface area contributed by atoms with Gasteiger partial charge in [-0.1, -0.05) is 48.5 Å². The fraction of sp³-hybridized carbons (Fsp3) is 0.211. The number of amides is 1. The van der Waals surface area contributed by atoms with E-state index >= 15 is 0 Å². The van der Waals surface area contributed by atoms with Gasteiger partial charge in [0.15, 0.2) is 0 Å². The number of para-hydroxylation sites is 1. The molecule has 0 aromatic heterocycles. The van der Waals surface area contributed by atoms with Crippen molar-refractivity contribution in [2.24, 2.45) is 0 Å². The van der Waals surface area contributed by atoms with Crippen LogP contribution >= 0.6 is 0 Å². The molecule has 1 N–H and O–H groups in total. The summed E-state index contributed by atoms with van der Waals surface area (Å²) in [5.74, 6) is 0.190. The number of β-lactam (4-membered cyclic amide) rings is 1. The Morgan fingerprint density at radius 3 is 2.38 bits per heavy atom. The fourth-order valence-electron chi connectivity index (χ4n) is 2.85. The van der Waals surface area contributed by atoms with E-state index in [1.807, 2.05) is 12.1 Å². The van der Waals surface area contributed by atoms with Gasteiger partial charge in [0.2, 0.25) is 12.3 Å². The molecule has 1 fully saturated rings. The number of nitrogens with zero attached hydrogens (tertiary/aromatic N) is 2. The van der Waals surface area contributed by atoms with Crippen LogP contribution in [-0.4, -0.2) is 39.5 Å². The van der Waals surface area contributed by atoms with E-state index in [1.165, 1.54) is 11.0 Å². The van der Waals surface area contributed by atoms with E-state index in [-0.39, 0.29) is 12.5 Å². The normalized spacial score (nSPS) is 20.7. The molecule has 2 aromatic carbocycles. The Kier molecular flexibility index (Phi) is 5.28. The highest BCUT2D eigenvalue weighted by atomic mass is 16.6. The summed E-state index contributed by atoms with van der Waals surface area (Å²) >= 11 is 0. The summed E-state index contributed by atoms with van der Waals surface area (Å²) in [5.41, 5.74) is 0.671. The van der Waals surface area contributed by atoms with Crippen LogP contribution in [0.15, 0.2) is 72.9 Å². The van der Waals surface area contributed by atoms with Crippen molar-refractivity contribution in [1.82, 2.24) is 4.90 Å². The minimum Gasteiger partial charge on any atom is -0.478 e. The summed E-state index contributed by atoms with van der Waals surface area (Å²) in [6.07, 6.45) is 0.369.